The molecule has 0 fully saturated rings. The lowest BCUT2D eigenvalue weighted by Crippen LogP contribution is -2.45. The van der Waals surface area contributed by atoms with Crippen LogP contribution in [0.1, 0.15) is 5.56 Å². The van der Waals surface area contributed by atoms with E-state index in [1.807, 2.05) is 30.3 Å². The maximum absolute atomic E-state index is 12.9. The van der Waals surface area contributed by atoms with Gasteiger partial charge in [-0.05, 0) is 58.2 Å². The van der Waals surface area contributed by atoms with Gasteiger partial charge in [0.05, 0.1) is 3.79 Å². The molecule has 0 aliphatic carbocycles. The Morgan fingerprint density at radius 2 is 1.82 bits per heavy atom. The fourth-order valence-corrected chi connectivity index (χ4v) is 5.93. The van der Waals surface area contributed by atoms with Gasteiger partial charge in [-0.15, -0.1) is 11.3 Å². The summed E-state index contributed by atoms with van der Waals surface area (Å²) < 4.78 is 28.8. The molecule has 0 saturated heterocycles. The number of thiophene rings is 1. The Labute approximate surface area is 180 Å². The maximum Gasteiger partial charge on any atom is 0.250 e. The van der Waals surface area contributed by atoms with Crippen molar-refractivity contribution in [2.45, 2.75) is 16.7 Å². The fraction of sp³-hybridized carbons (Fsp3) is 0.105. The fourth-order valence-electron chi connectivity index (χ4n) is 2.52. The minimum atomic E-state index is -3.85. The van der Waals surface area contributed by atoms with Crippen molar-refractivity contribution in [1.82, 2.24) is 4.72 Å². The Kier molecular flexibility index (Phi) is 6.90. The quantitative estimate of drug-likeness (QED) is 0.495. The highest BCUT2D eigenvalue weighted by Crippen LogP contribution is 2.26. The van der Waals surface area contributed by atoms with Crippen LogP contribution in [0.4, 0.5) is 5.69 Å². The van der Waals surface area contributed by atoms with E-state index in [4.69, 9.17) is 11.6 Å². The summed E-state index contributed by atoms with van der Waals surface area (Å²) in [5.41, 5.74) is 1.33. The Morgan fingerprint density at radius 1 is 1.07 bits per heavy atom. The van der Waals surface area contributed by atoms with Crippen LogP contribution >= 0.6 is 38.9 Å². The van der Waals surface area contributed by atoms with Crippen LogP contribution in [0, 0.1) is 0 Å². The predicted molar refractivity (Wildman–Crippen MR) is 116 cm³/mol. The number of halogens is 2. The molecule has 146 valence electrons. The molecule has 2 N–H and O–H groups in total. The highest BCUT2D eigenvalue weighted by atomic mass is 79.9. The number of anilines is 1. The molecule has 28 heavy (non-hydrogen) atoms. The van der Waals surface area contributed by atoms with E-state index in [1.165, 1.54) is 6.07 Å². The van der Waals surface area contributed by atoms with E-state index in [0.29, 0.717) is 14.5 Å². The van der Waals surface area contributed by atoms with Gasteiger partial charge in [-0.25, -0.2) is 8.42 Å². The van der Waals surface area contributed by atoms with Gasteiger partial charge in [-0.2, -0.15) is 4.72 Å². The zero-order valence-corrected chi connectivity index (χ0v) is 18.4. The average Bonchev–Trinajstić information content (AvgIpc) is 3.09. The monoisotopic (exact) mass is 498 g/mol. The van der Waals surface area contributed by atoms with Gasteiger partial charge in [0.2, 0.25) is 5.91 Å². The third kappa shape index (κ3) is 5.65. The second-order valence-corrected chi connectivity index (χ2v) is 10.8. The highest BCUT2D eigenvalue weighted by molar-refractivity contribution is 9.11. The number of sulfonamides is 1. The Balaban J connectivity index is 1.85. The summed E-state index contributed by atoms with van der Waals surface area (Å²) in [5.74, 6) is -0.467. The van der Waals surface area contributed by atoms with E-state index in [2.05, 4.69) is 26.0 Å². The van der Waals surface area contributed by atoms with Gasteiger partial charge in [0.15, 0.2) is 0 Å². The van der Waals surface area contributed by atoms with Crippen molar-refractivity contribution < 1.29 is 13.2 Å². The van der Waals surface area contributed by atoms with Crippen molar-refractivity contribution in [2.75, 3.05) is 5.32 Å². The molecule has 5 nitrogen and oxygen atoms in total. The molecule has 3 aromatic rings. The number of carbonyl (C=O) groups is 1. The number of rotatable bonds is 7. The first-order valence-corrected chi connectivity index (χ1v) is 11.7. The van der Waals surface area contributed by atoms with E-state index in [0.717, 1.165) is 16.9 Å². The third-order valence-electron chi connectivity index (χ3n) is 3.80. The van der Waals surface area contributed by atoms with E-state index < -0.39 is 22.0 Å². The van der Waals surface area contributed by atoms with Crippen LogP contribution in [0.5, 0.6) is 0 Å². The molecule has 0 aliphatic rings. The normalized spacial score (nSPS) is 12.5. The molecule has 0 radical (unpaired) electrons. The van der Waals surface area contributed by atoms with Gasteiger partial charge in [0.1, 0.15) is 10.3 Å². The molecule has 0 unspecified atom stereocenters. The number of nitrogens with one attached hydrogen (secondary N) is 2. The standard InChI is InChI=1S/C19H16BrClN2O3S2/c20-17-9-10-18(27-17)28(25,26)23-16(11-13-5-2-1-3-6-13)19(24)22-15-8-4-7-14(21)12-15/h1-10,12,16,23H,11H2,(H,22,24)/t16-/m1/s1. The molecule has 0 spiro atoms. The minimum Gasteiger partial charge on any atom is -0.325 e. The topological polar surface area (TPSA) is 75.3 Å². The third-order valence-corrected chi connectivity index (χ3v) is 7.62. The van der Waals surface area contributed by atoms with Crippen molar-refractivity contribution in [3.8, 4) is 0 Å². The maximum atomic E-state index is 12.9. The summed E-state index contributed by atoms with van der Waals surface area (Å²) >= 11 is 10.3. The molecular weight excluding hydrogens is 484 g/mol. The molecule has 0 saturated carbocycles. The summed E-state index contributed by atoms with van der Waals surface area (Å²) in [4.78, 5) is 12.9. The van der Waals surface area contributed by atoms with Gasteiger partial charge in [-0.3, -0.25) is 4.79 Å². The lowest BCUT2D eigenvalue weighted by Gasteiger charge is -2.18. The Morgan fingerprint density at radius 3 is 2.46 bits per heavy atom. The van der Waals surface area contributed by atoms with E-state index >= 15 is 0 Å². The zero-order valence-electron chi connectivity index (χ0n) is 14.4. The SMILES string of the molecule is O=C(Nc1cccc(Cl)c1)[C@@H](Cc1ccccc1)NS(=O)(=O)c1ccc(Br)s1. The highest BCUT2D eigenvalue weighted by Gasteiger charge is 2.27. The smallest absolute Gasteiger partial charge is 0.250 e. The van der Waals surface area contributed by atoms with Gasteiger partial charge >= 0.3 is 0 Å². The largest absolute Gasteiger partial charge is 0.325 e. The van der Waals surface area contributed by atoms with Crippen molar-refractivity contribution in [3.05, 3.63) is 81.1 Å². The van der Waals surface area contributed by atoms with Crippen molar-refractivity contribution in [1.29, 1.82) is 0 Å². The van der Waals surface area contributed by atoms with Crippen LogP contribution in [0.15, 0.2) is 74.7 Å². The predicted octanol–water partition coefficient (Wildman–Crippen LogP) is 4.69. The Bertz CT molecular complexity index is 1070. The first-order chi connectivity index (χ1) is 13.3. The number of carbonyl (C=O) groups excluding carboxylic acids is 1. The molecule has 9 heteroatoms. The van der Waals surface area contributed by atoms with Crippen molar-refractivity contribution in [3.63, 3.8) is 0 Å². The number of benzene rings is 2. The molecule has 0 aliphatic heterocycles. The molecule has 3 rings (SSSR count). The van der Waals surface area contributed by atoms with Crippen LogP contribution in [-0.4, -0.2) is 20.4 Å². The molecular formula is C19H16BrClN2O3S2. The van der Waals surface area contributed by atoms with Crippen molar-refractivity contribution >= 4 is 60.5 Å². The molecule has 1 amide bonds. The lowest BCUT2D eigenvalue weighted by molar-refractivity contribution is -0.117. The number of amides is 1. The number of hydrogen-bond acceptors (Lipinski definition) is 4. The van der Waals surface area contributed by atoms with Crippen LogP contribution in [-0.2, 0) is 21.2 Å². The van der Waals surface area contributed by atoms with Crippen molar-refractivity contribution in [2.24, 2.45) is 0 Å². The summed E-state index contributed by atoms with van der Waals surface area (Å²) in [6.07, 6.45) is 0.207. The zero-order chi connectivity index (χ0) is 20.1. The molecule has 1 heterocycles. The van der Waals surface area contributed by atoms with E-state index in [9.17, 15) is 13.2 Å². The van der Waals surface area contributed by atoms with Gasteiger partial charge < -0.3 is 5.32 Å². The molecule has 0 bridgehead atoms. The van der Waals surface area contributed by atoms with Gasteiger partial charge in [-0.1, -0.05) is 48.0 Å². The van der Waals surface area contributed by atoms with Crippen LogP contribution in [0.25, 0.3) is 0 Å². The first kappa shape index (κ1) is 21.0. The average molecular weight is 500 g/mol. The van der Waals surface area contributed by atoms with Crippen LogP contribution in [0.2, 0.25) is 5.02 Å². The van der Waals surface area contributed by atoms with Gasteiger partial charge in [0, 0.05) is 10.7 Å². The summed E-state index contributed by atoms with van der Waals surface area (Å²) in [5, 5.41) is 3.20. The van der Waals surface area contributed by atoms with E-state index in [-0.39, 0.29) is 10.6 Å². The summed E-state index contributed by atoms with van der Waals surface area (Å²) in [7, 11) is -3.85. The minimum absolute atomic E-state index is 0.132. The first-order valence-electron chi connectivity index (χ1n) is 8.21. The van der Waals surface area contributed by atoms with Crippen LogP contribution in [0.3, 0.4) is 0 Å². The molecule has 1 atom stereocenters. The van der Waals surface area contributed by atoms with E-state index in [1.54, 1.807) is 30.3 Å². The summed E-state index contributed by atoms with van der Waals surface area (Å²) in [6.45, 7) is 0. The number of hydrogen-bond donors (Lipinski definition) is 2. The van der Waals surface area contributed by atoms with Gasteiger partial charge in [0.25, 0.3) is 10.0 Å². The lowest BCUT2D eigenvalue weighted by atomic mass is 10.1. The summed E-state index contributed by atoms with van der Waals surface area (Å²) in [6, 6.07) is 18.1. The second-order valence-electron chi connectivity index (χ2n) is 5.92. The molecule has 1 aromatic heterocycles. The van der Waals surface area contributed by atoms with Crippen LogP contribution < -0.4 is 10.0 Å². The molecule has 2 aromatic carbocycles. The Hall–Kier alpha value is -1.71. The second kappa shape index (κ2) is 9.19.